The molecule has 0 bridgehead atoms. The van der Waals surface area contributed by atoms with E-state index in [2.05, 4.69) is 53.1 Å². The molecule has 1 spiro atoms. The maximum atomic E-state index is 18.4. The smallest absolute Gasteiger partial charge is 0.303 e. The molecule has 9 atom stereocenters. The first kappa shape index (κ1) is 30.1. The van der Waals surface area contributed by atoms with E-state index in [1.165, 1.54) is 12.2 Å². The van der Waals surface area contributed by atoms with Gasteiger partial charge in [0.25, 0.3) is 0 Å². The minimum Gasteiger partial charge on any atom is -0.504 e. The molecule has 4 fully saturated rings. The Balaban J connectivity index is 1.65. The molecule has 0 aromatic carbocycles. The number of ether oxygens (including phenoxy) is 1. The summed E-state index contributed by atoms with van der Waals surface area (Å²) in [4.78, 5) is 24.1. The first-order chi connectivity index (χ1) is 18.2. The summed E-state index contributed by atoms with van der Waals surface area (Å²) in [5, 5.41) is 20.2. The van der Waals surface area contributed by atoms with Gasteiger partial charge in [-0.15, -0.1) is 0 Å². The third kappa shape index (κ3) is 4.02. The third-order valence-corrected chi connectivity index (χ3v) is 12.7. The van der Waals surface area contributed by atoms with Crippen molar-refractivity contribution in [2.75, 3.05) is 0 Å². The van der Waals surface area contributed by atoms with Gasteiger partial charge in [-0.25, -0.2) is 4.39 Å². The molecule has 1 unspecified atom stereocenters. The Labute approximate surface area is 239 Å². The second-order valence-corrected chi connectivity index (χ2v) is 24.4. The second-order valence-electron chi connectivity index (χ2n) is 15.5. The topological polar surface area (TPSA) is 106 Å². The van der Waals surface area contributed by atoms with Crippen molar-refractivity contribution in [2.45, 2.75) is 122 Å². The van der Waals surface area contributed by atoms with Gasteiger partial charge in [0.2, 0.25) is 5.78 Å². The number of carbonyl (C=O) groups is 2. The molecule has 10 heteroatoms. The summed E-state index contributed by atoms with van der Waals surface area (Å²) in [7, 11) is -4.42. The molecule has 3 saturated carbocycles. The number of alkyl halides is 1. The van der Waals surface area contributed by atoms with Crippen molar-refractivity contribution in [2.24, 2.45) is 28.6 Å². The van der Waals surface area contributed by atoms with Crippen LogP contribution in [0, 0.1) is 28.6 Å². The normalized spacial score (nSPS) is 46.3. The maximum absolute atomic E-state index is 18.4. The van der Waals surface area contributed by atoms with Crippen LogP contribution in [0.5, 0.6) is 0 Å². The Morgan fingerprint density at radius 2 is 1.80 bits per heavy atom. The molecule has 0 aromatic heterocycles. The number of aliphatic hydroxyl groups is 1. The van der Waals surface area contributed by atoms with Crippen LogP contribution in [0.1, 0.15) is 59.3 Å². The molecule has 4 aliphatic carbocycles. The number of rotatable bonds is 7. The third-order valence-electron chi connectivity index (χ3n) is 10.7. The van der Waals surface area contributed by atoms with Gasteiger partial charge in [-0.2, -0.15) is 0 Å². The first-order valence-electron chi connectivity index (χ1n) is 14.8. The standard InChI is InChI=1S/C30H47FO7Si2/c1-18-14-21-20-11-10-19-15-22(32)23(33)16-26(19,2)29(20,31)24(36-39(4,5)6)17-27(21,3)30(18)28(37-30,13-12-25(34)35)38-40(7,8)9/h15-16,18,20-21,24,33H,10-14,17H2,1-9H3,(H,34,35)/t18-,20+,21+,24+,26+,27+,28?,29+,30-/m1/s1. The highest BCUT2D eigenvalue weighted by atomic mass is 28.4. The molecule has 0 amide bonds. The van der Waals surface area contributed by atoms with Crippen LogP contribution in [-0.4, -0.2) is 61.8 Å². The molecular weight excluding hydrogens is 547 g/mol. The molecule has 0 radical (unpaired) electrons. The molecular formula is C30H47FO7Si2. The molecule has 0 aromatic rings. The predicted octanol–water partition coefficient (Wildman–Crippen LogP) is 6.53. The van der Waals surface area contributed by atoms with Crippen molar-refractivity contribution < 1.29 is 37.8 Å². The number of aliphatic carboxylic acids is 1. The van der Waals surface area contributed by atoms with E-state index in [0.717, 1.165) is 12.0 Å². The minimum atomic E-state index is -2.26. The molecule has 5 rings (SSSR count). The van der Waals surface area contributed by atoms with E-state index >= 15 is 4.39 Å². The summed E-state index contributed by atoms with van der Waals surface area (Å²) in [6.45, 7) is 18.6. The summed E-state index contributed by atoms with van der Waals surface area (Å²) in [5.74, 6) is -3.19. The molecule has 5 aliphatic rings. The van der Waals surface area contributed by atoms with Crippen LogP contribution in [0.3, 0.4) is 0 Å². The van der Waals surface area contributed by atoms with Crippen LogP contribution in [0.15, 0.2) is 23.5 Å². The number of carboxylic acids is 1. The molecule has 40 heavy (non-hydrogen) atoms. The van der Waals surface area contributed by atoms with E-state index in [4.69, 9.17) is 13.6 Å². The monoisotopic (exact) mass is 594 g/mol. The first-order valence-corrected chi connectivity index (χ1v) is 21.6. The van der Waals surface area contributed by atoms with Crippen LogP contribution >= 0.6 is 0 Å². The van der Waals surface area contributed by atoms with Crippen LogP contribution in [-0.2, 0) is 23.2 Å². The highest BCUT2D eigenvalue weighted by Crippen LogP contribution is 2.79. The highest BCUT2D eigenvalue weighted by molar-refractivity contribution is 6.70. The van der Waals surface area contributed by atoms with Gasteiger partial charge in [0, 0.05) is 23.2 Å². The summed E-state index contributed by atoms with van der Waals surface area (Å²) in [6, 6.07) is 0. The number of aliphatic hydroxyl groups excluding tert-OH is 1. The van der Waals surface area contributed by atoms with E-state index in [1.807, 2.05) is 6.92 Å². The highest BCUT2D eigenvalue weighted by Gasteiger charge is 2.87. The van der Waals surface area contributed by atoms with Gasteiger partial charge < -0.3 is 23.8 Å². The molecule has 7 nitrogen and oxygen atoms in total. The Bertz CT molecular complexity index is 1190. The number of carbonyl (C=O) groups excluding carboxylic acids is 1. The second kappa shape index (κ2) is 8.84. The lowest BCUT2D eigenvalue weighted by atomic mass is 9.45. The molecule has 1 heterocycles. The van der Waals surface area contributed by atoms with Crippen molar-refractivity contribution in [3.8, 4) is 0 Å². The molecule has 1 aliphatic heterocycles. The van der Waals surface area contributed by atoms with Gasteiger partial charge in [-0.05, 0) is 95.9 Å². The number of fused-ring (bicyclic) bond motifs is 6. The van der Waals surface area contributed by atoms with E-state index in [0.29, 0.717) is 19.3 Å². The Hall–Kier alpha value is -1.34. The lowest BCUT2D eigenvalue weighted by Gasteiger charge is -2.63. The van der Waals surface area contributed by atoms with Gasteiger partial charge in [-0.1, -0.05) is 19.4 Å². The summed E-state index contributed by atoms with van der Waals surface area (Å²) < 4.78 is 38.8. The van der Waals surface area contributed by atoms with Crippen molar-refractivity contribution >= 4 is 28.4 Å². The zero-order chi connectivity index (χ0) is 29.9. The molecule has 1 saturated heterocycles. The number of ketones is 1. The summed E-state index contributed by atoms with van der Waals surface area (Å²) in [5.41, 5.74) is -3.52. The van der Waals surface area contributed by atoms with Crippen molar-refractivity contribution in [1.82, 2.24) is 0 Å². The number of epoxide rings is 1. The average Bonchev–Trinajstić information content (AvgIpc) is 3.39. The van der Waals surface area contributed by atoms with Crippen LogP contribution in [0.25, 0.3) is 0 Å². The van der Waals surface area contributed by atoms with Gasteiger partial charge in [0.1, 0.15) is 5.60 Å². The van der Waals surface area contributed by atoms with Crippen molar-refractivity contribution in [3.05, 3.63) is 23.5 Å². The number of carboxylic acid groups (broad SMARTS) is 1. The van der Waals surface area contributed by atoms with Gasteiger partial charge >= 0.3 is 5.97 Å². The van der Waals surface area contributed by atoms with E-state index < -0.39 is 68.1 Å². The fourth-order valence-corrected chi connectivity index (χ4v) is 11.9. The summed E-state index contributed by atoms with van der Waals surface area (Å²) >= 11 is 0. The predicted molar refractivity (Wildman–Crippen MR) is 155 cm³/mol. The quantitative estimate of drug-likeness (QED) is 0.255. The number of halogens is 1. The van der Waals surface area contributed by atoms with E-state index in [-0.39, 0.29) is 30.6 Å². The zero-order valence-electron chi connectivity index (χ0n) is 25.5. The zero-order valence-corrected chi connectivity index (χ0v) is 27.5. The minimum absolute atomic E-state index is 0.0316. The number of allylic oxidation sites excluding steroid dienone is 3. The lowest BCUT2D eigenvalue weighted by Crippen LogP contribution is -2.69. The Morgan fingerprint density at radius 1 is 1.15 bits per heavy atom. The van der Waals surface area contributed by atoms with Crippen molar-refractivity contribution in [3.63, 3.8) is 0 Å². The fraction of sp³-hybridized carbons (Fsp3) is 0.800. The largest absolute Gasteiger partial charge is 0.504 e. The van der Waals surface area contributed by atoms with Gasteiger partial charge in [0.15, 0.2) is 33.8 Å². The summed E-state index contributed by atoms with van der Waals surface area (Å²) in [6.07, 6.45) is 4.59. The number of hydrogen-bond acceptors (Lipinski definition) is 6. The maximum Gasteiger partial charge on any atom is 0.303 e. The lowest BCUT2D eigenvalue weighted by molar-refractivity contribution is -0.192. The fourth-order valence-electron chi connectivity index (χ4n) is 9.54. The van der Waals surface area contributed by atoms with Crippen molar-refractivity contribution in [1.29, 1.82) is 0 Å². The van der Waals surface area contributed by atoms with Crippen LogP contribution in [0.2, 0.25) is 39.3 Å². The number of hydrogen-bond donors (Lipinski definition) is 2. The van der Waals surface area contributed by atoms with E-state index in [9.17, 15) is 19.8 Å². The average molecular weight is 595 g/mol. The van der Waals surface area contributed by atoms with Gasteiger partial charge in [0.05, 0.1) is 12.5 Å². The van der Waals surface area contributed by atoms with Gasteiger partial charge in [-0.3, -0.25) is 9.59 Å². The SMILES string of the molecule is C[C@@H]1C[C@H]2[C@@H]3CCC4=CC(=O)C(O)=C[C@]4(C)[C@@]3(F)[C@@H](O[Si](C)(C)C)C[C@]2(C)[C@]12OC2(CCC(=O)O)O[Si](C)(C)C. The molecule has 224 valence electrons. The Kier molecular flexibility index (Phi) is 6.66. The van der Waals surface area contributed by atoms with Crippen LogP contribution < -0.4 is 0 Å². The van der Waals surface area contributed by atoms with E-state index in [1.54, 1.807) is 0 Å². The van der Waals surface area contributed by atoms with Crippen LogP contribution in [0.4, 0.5) is 4.39 Å². The Morgan fingerprint density at radius 3 is 2.38 bits per heavy atom. The molecule has 2 N–H and O–H groups in total.